The maximum atomic E-state index is 11.6. The van der Waals surface area contributed by atoms with Crippen molar-refractivity contribution in [3.05, 3.63) is 19.2 Å². The number of halogens is 2. The van der Waals surface area contributed by atoms with Crippen molar-refractivity contribution in [2.75, 3.05) is 18.1 Å². The van der Waals surface area contributed by atoms with Crippen molar-refractivity contribution in [1.29, 1.82) is 0 Å². The van der Waals surface area contributed by atoms with Crippen molar-refractivity contribution in [2.45, 2.75) is 0 Å². The molecule has 2 nitrogen and oxygen atoms in total. The van der Waals surface area contributed by atoms with E-state index in [1.807, 2.05) is 6.07 Å². The first-order valence-electron chi connectivity index (χ1n) is 3.81. The fourth-order valence-corrected chi connectivity index (χ4v) is 4.31. The number of rotatable bonds is 5. The number of thioether (sulfide) groups is 1. The van der Waals surface area contributed by atoms with Gasteiger partial charge >= 0.3 is 0 Å². The Kier molecular flexibility index (Phi) is 5.69. The van der Waals surface area contributed by atoms with Crippen LogP contribution in [0.2, 0.25) is 0 Å². The molecule has 0 radical (unpaired) electrons. The molecule has 0 spiro atoms. The van der Waals surface area contributed by atoms with E-state index < -0.39 is 0 Å². The highest BCUT2D eigenvalue weighted by Gasteiger charge is 2.13. The summed E-state index contributed by atoms with van der Waals surface area (Å²) in [7, 11) is 0. The number of hydrogen-bond acceptors (Lipinski definition) is 4. The predicted molar refractivity (Wildman–Crippen MR) is 68.5 cm³/mol. The Hall–Kier alpha value is 0.640. The van der Waals surface area contributed by atoms with Crippen LogP contribution in [0.5, 0.6) is 0 Å². The second-order valence-corrected chi connectivity index (χ2v) is 7.29. The number of carbonyl (C=O) groups is 1. The summed E-state index contributed by atoms with van der Waals surface area (Å²) in [5.74, 6) is 1.12. The Morgan fingerprint density at radius 3 is 2.79 bits per heavy atom. The van der Waals surface area contributed by atoms with E-state index in [0.717, 1.165) is 7.57 Å². The Morgan fingerprint density at radius 1 is 1.57 bits per heavy atom. The molecule has 0 unspecified atom stereocenters. The minimum Gasteiger partial charge on any atom is -0.396 e. The van der Waals surface area contributed by atoms with Gasteiger partial charge in [0.15, 0.2) is 5.78 Å². The summed E-state index contributed by atoms with van der Waals surface area (Å²) in [5, 5.41) is 8.56. The maximum absolute atomic E-state index is 11.6. The summed E-state index contributed by atoms with van der Waals surface area (Å²) in [6, 6.07) is 1.82. The smallest absolute Gasteiger partial charge is 0.174 e. The first-order chi connectivity index (χ1) is 6.65. The van der Waals surface area contributed by atoms with Crippen LogP contribution in [-0.2, 0) is 0 Å². The maximum Gasteiger partial charge on any atom is 0.174 e. The summed E-state index contributed by atoms with van der Waals surface area (Å²) in [4.78, 5) is 11.6. The van der Waals surface area contributed by atoms with E-state index in [2.05, 4.69) is 31.9 Å². The van der Waals surface area contributed by atoms with Crippen LogP contribution in [0.4, 0.5) is 0 Å². The normalized spacial score (nSPS) is 10.5. The number of thiophene rings is 1. The van der Waals surface area contributed by atoms with Gasteiger partial charge in [-0.1, -0.05) is 0 Å². The standard InChI is InChI=1S/C8H8Br2O2S2/c9-7-3-5(8(10)14-7)6(12)4-13-2-1-11/h3,11H,1-2,4H2. The van der Waals surface area contributed by atoms with Gasteiger partial charge < -0.3 is 5.11 Å². The fourth-order valence-electron chi connectivity index (χ4n) is 0.838. The number of hydrogen-bond donors (Lipinski definition) is 1. The van der Waals surface area contributed by atoms with Gasteiger partial charge in [0.05, 0.1) is 19.9 Å². The Labute approximate surface area is 107 Å². The third-order valence-electron chi connectivity index (χ3n) is 1.43. The Bertz CT molecular complexity index is 325. The van der Waals surface area contributed by atoms with Crippen LogP contribution in [0.3, 0.4) is 0 Å². The van der Waals surface area contributed by atoms with Crippen LogP contribution in [0.25, 0.3) is 0 Å². The van der Waals surface area contributed by atoms with Gasteiger partial charge in [0.25, 0.3) is 0 Å². The third kappa shape index (κ3) is 3.66. The largest absolute Gasteiger partial charge is 0.396 e. The van der Waals surface area contributed by atoms with E-state index in [0.29, 0.717) is 17.1 Å². The van der Waals surface area contributed by atoms with Crippen LogP contribution in [0.15, 0.2) is 13.6 Å². The lowest BCUT2D eigenvalue weighted by Gasteiger charge is -1.97. The SMILES string of the molecule is O=C(CSCCO)c1cc(Br)sc1Br. The van der Waals surface area contributed by atoms with Crippen LogP contribution in [0, 0.1) is 0 Å². The highest BCUT2D eigenvalue weighted by molar-refractivity contribution is 9.12. The first-order valence-corrected chi connectivity index (χ1v) is 7.37. The van der Waals surface area contributed by atoms with Crippen molar-refractivity contribution in [3.63, 3.8) is 0 Å². The number of aliphatic hydroxyl groups is 1. The molecule has 14 heavy (non-hydrogen) atoms. The van der Waals surface area contributed by atoms with Crippen LogP contribution >= 0.6 is 55.0 Å². The van der Waals surface area contributed by atoms with Gasteiger partial charge in [-0.2, -0.15) is 11.8 Å². The van der Waals surface area contributed by atoms with Gasteiger partial charge in [0.1, 0.15) is 0 Å². The van der Waals surface area contributed by atoms with Gasteiger partial charge in [-0.25, -0.2) is 0 Å². The van der Waals surface area contributed by atoms with Gasteiger partial charge in [0.2, 0.25) is 0 Å². The fraction of sp³-hybridized carbons (Fsp3) is 0.375. The molecule has 1 aromatic heterocycles. The molecule has 0 atom stereocenters. The Balaban J connectivity index is 2.56. The summed E-state index contributed by atoms with van der Waals surface area (Å²) < 4.78 is 1.80. The van der Waals surface area contributed by atoms with E-state index in [4.69, 9.17) is 5.11 Å². The molecule has 6 heteroatoms. The predicted octanol–water partition coefficient (Wildman–Crippen LogP) is 3.18. The quantitative estimate of drug-likeness (QED) is 0.648. The van der Waals surface area contributed by atoms with E-state index in [1.165, 1.54) is 23.1 Å². The van der Waals surface area contributed by atoms with E-state index in [-0.39, 0.29) is 12.4 Å². The molecule has 0 fully saturated rings. The summed E-state index contributed by atoms with van der Waals surface area (Å²) >= 11 is 9.59. The van der Waals surface area contributed by atoms with Gasteiger partial charge in [-0.15, -0.1) is 11.3 Å². The number of carbonyl (C=O) groups excluding carboxylic acids is 1. The van der Waals surface area contributed by atoms with Crippen molar-refractivity contribution in [1.82, 2.24) is 0 Å². The molecule has 1 aromatic rings. The minimum absolute atomic E-state index is 0.0947. The number of Topliss-reactive ketones (excluding diaryl/α,β-unsaturated/α-hetero) is 1. The molecule has 78 valence electrons. The molecule has 1 rings (SSSR count). The molecular formula is C8H8Br2O2S2. The zero-order valence-corrected chi connectivity index (χ0v) is 11.9. The van der Waals surface area contributed by atoms with E-state index >= 15 is 0 Å². The Morgan fingerprint density at radius 2 is 2.29 bits per heavy atom. The van der Waals surface area contributed by atoms with Crippen molar-refractivity contribution in [2.24, 2.45) is 0 Å². The van der Waals surface area contributed by atoms with Crippen LogP contribution in [-0.4, -0.2) is 29.0 Å². The van der Waals surface area contributed by atoms with E-state index in [9.17, 15) is 4.79 Å². The highest BCUT2D eigenvalue weighted by atomic mass is 79.9. The summed E-state index contributed by atoms with van der Waals surface area (Å²) in [5.41, 5.74) is 0.715. The molecule has 0 saturated carbocycles. The molecule has 0 aliphatic carbocycles. The molecule has 1 N–H and O–H groups in total. The molecule has 0 aliphatic rings. The van der Waals surface area contributed by atoms with Crippen molar-refractivity contribution in [3.8, 4) is 0 Å². The lowest BCUT2D eigenvalue weighted by atomic mass is 10.2. The molecule has 0 aromatic carbocycles. The molecule has 0 amide bonds. The van der Waals surface area contributed by atoms with Crippen molar-refractivity contribution < 1.29 is 9.90 Å². The monoisotopic (exact) mass is 358 g/mol. The molecule has 0 saturated heterocycles. The van der Waals surface area contributed by atoms with Gasteiger partial charge in [0, 0.05) is 11.3 Å². The average Bonchev–Trinajstić information content (AvgIpc) is 2.45. The number of aliphatic hydroxyl groups excluding tert-OH is 1. The zero-order chi connectivity index (χ0) is 10.6. The second kappa shape index (κ2) is 6.27. The van der Waals surface area contributed by atoms with Gasteiger partial charge in [-0.3, -0.25) is 4.79 Å². The van der Waals surface area contributed by atoms with Crippen LogP contribution < -0.4 is 0 Å². The minimum atomic E-state index is 0.0947. The summed E-state index contributed by atoms with van der Waals surface area (Å²) in [6.07, 6.45) is 0. The molecule has 1 heterocycles. The van der Waals surface area contributed by atoms with E-state index in [1.54, 1.807) is 0 Å². The average molecular weight is 360 g/mol. The van der Waals surface area contributed by atoms with Crippen LogP contribution in [0.1, 0.15) is 10.4 Å². The molecular weight excluding hydrogens is 352 g/mol. The molecule has 0 bridgehead atoms. The first kappa shape index (κ1) is 12.7. The summed E-state index contributed by atoms with van der Waals surface area (Å²) in [6.45, 7) is 0.118. The topological polar surface area (TPSA) is 37.3 Å². The highest BCUT2D eigenvalue weighted by Crippen LogP contribution is 2.32. The lowest BCUT2D eigenvalue weighted by Crippen LogP contribution is -2.03. The van der Waals surface area contributed by atoms with Crippen molar-refractivity contribution >= 4 is 60.7 Å². The lowest BCUT2D eigenvalue weighted by molar-refractivity contribution is 0.102. The van der Waals surface area contributed by atoms with Gasteiger partial charge in [-0.05, 0) is 37.9 Å². The zero-order valence-electron chi connectivity index (χ0n) is 7.13. The molecule has 0 aliphatic heterocycles. The third-order valence-corrected chi connectivity index (χ3v) is 4.70. The second-order valence-electron chi connectivity index (χ2n) is 2.44. The number of ketones is 1.